The third-order valence-electron chi connectivity index (χ3n) is 2.70. The number of alkyl halides is 3. The van der Waals surface area contributed by atoms with Gasteiger partial charge >= 0.3 is 6.18 Å². The van der Waals surface area contributed by atoms with E-state index in [2.05, 4.69) is 20.8 Å². The van der Waals surface area contributed by atoms with E-state index in [4.69, 9.17) is 11.6 Å². The molecule has 0 aliphatic carbocycles. The average Bonchev–Trinajstić information content (AvgIpc) is 2.83. The van der Waals surface area contributed by atoms with Gasteiger partial charge in [-0.3, -0.25) is 0 Å². The first kappa shape index (κ1) is 15.7. The topological polar surface area (TPSA) is 55.6 Å². The first-order valence-electron chi connectivity index (χ1n) is 6.17. The lowest BCUT2D eigenvalue weighted by Crippen LogP contribution is -2.24. The van der Waals surface area contributed by atoms with Crippen molar-refractivity contribution in [3.63, 3.8) is 0 Å². The van der Waals surface area contributed by atoms with Gasteiger partial charge in [-0.05, 0) is 28.6 Å². The molecule has 0 fully saturated rings. The molecule has 1 aromatic heterocycles. The highest BCUT2D eigenvalue weighted by atomic mass is 35.5. The molecule has 5 nitrogen and oxygen atoms in total. The Hall–Kier alpha value is -1.67. The van der Waals surface area contributed by atoms with Crippen LogP contribution >= 0.6 is 11.6 Å². The lowest BCUT2D eigenvalue weighted by molar-refractivity contribution is -0.137. The number of nitrogens with one attached hydrogen (secondary N) is 1. The number of hydrogen-bond donors (Lipinski definition) is 1. The molecule has 2 aromatic rings. The summed E-state index contributed by atoms with van der Waals surface area (Å²) in [4.78, 5) is 0. The zero-order valence-corrected chi connectivity index (χ0v) is 12.1. The second kappa shape index (κ2) is 5.98. The molecule has 0 bridgehead atoms. The highest BCUT2D eigenvalue weighted by Gasteiger charge is 2.31. The molecular formula is C12H13ClF3N5. The predicted molar refractivity (Wildman–Crippen MR) is 71.1 cm³/mol. The molecule has 0 atom stereocenters. The fraction of sp³-hybridized carbons (Fsp3) is 0.417. The second-order valence-electron chi connectivity index (χ2n) is 4.71. The standard InChI is InChI=1S/C12H13ClF3N5/c1-7(2)17-6-11-18-19-20-21(11)10-5-8(12(14,15)16)3-4-9(10)13/h3-5,7,17H,6H2,1-2H3. The van der Waals surface area contributed by atoms with Gasteiger partial charge in [0.2, 0.25) is 0 Å². The van der Waals surface area contributed by atoms with Crippen molar-refractivity contribution in [1.82, 2.24) is 25.5 Å². The molecule has 0 saturated carbocycles. The van der Waals surface area contributed by atoms with Crippen LogP contribution in [-0.2, 0) is 12.7 Å². The molecule has 0 aliphatic heterocycles. The van der Waals surface area contributed by atoms with Crippen LogP contribution in [0.3, 0.4) is 0 Å². The summed E-state index contributed by atoms with van der Waals surface area (Å²) in [5.74, 6) is 0.380. The Kier molecular flexibility index (Phi) is 4.48. The van der Waals surface area contributed by atoms with Crippen LogP contribution in [0, 0.1) is 0 Å². The Morgan fingerprint density at radius 3 is 2.67 bits per heavy atom. The minimum absolute atomic E-state index is 0.0945. The van der Waals surface area contributed by atoms with Gasteiger partial charge in [-0.1, -0.05) is 25.4 Å². The number of aromatic nitrogens is 4. The van der Waals surface area contributed by atoms with Gasteiger partial charge in [0.05, 0.1) is 22.8 Å². The third kappa shape index (κ3) is 3.70. The molecule has 0 aliphatic rings. The summed E-state index contributed by atoms with van der Waals surface area (Å²) in [5.41, 5.74) is -0.711. The number of rotatable bonds is 4. The molecule has 21 heavy (non-hydrogen) atoms. The van der Waals surface area contributed by atoms with Gasteiger partial charge in [0.15, 0.2) is 5.82 Å². The maximum absolute atomic E-state index is 12.8. The lowest BCUT2D eigenvalue weighted by Gasteiger charge is -2.12. The van der Waals surface area contributed by atoms with Gasteiger partial charge in [-0.25, -0.2) is 0 Å². The van der Waals surface area contributed by atoms with Gasteiger partial charge in [-0.15, -0.1) is 5.10 Å². The van der Waals surface area contributed by atoms with Gasteiger partial charge in [0.1, 0.15) is 0 Å². The first-order valence-corrected chi connectivity index (χ1v) is 6.54. The van der Waals surface area contributed by atoms with E-state index < -0.39 is 11.7 Å². The van der Waals surface area contributed by atoms with E-state index in [0.717, 1.165) is 12.1 Å². The summed E-state index contributed by atoms with van der Waals surface area (Å²) in [5, 5.41) is 14.2. The monoisotopic (exact) mass is 319 g/mol. The molecule has 1 N–H and O–H groups in total. The molecule has 1 aromatic carbocycles. The van der Waals surface area contributed by atoms with E-state index in [1.807, 2.05) is 13.8 Å². The maximum atomic E-state index is 12.8. The number of halogens is 4. The van der Waals surface area contributed by atoms with E-state index in [-0.39, 0.29) is 16.8 Å². The molecule has 2 rings (SSSR count). The van der Waals surface area contributed by atoms with Crippen molar-refractivity contribution in [2.24, 2.45) is 0 Å². The van der Waals surface area contributed by atoms with Gasteiger partial charge in [0.25, 0.3) is 0 Å². The molecule has 9 heteroatoms. The molecule has 0 unspecified atom stereocenters. The summed E-state index contributed by atoms with van der Waals surface area (Å²) in [6.07, 6.45) is -4.45. The Morgan fingerprint density at radius 1 is 1.33 bits per heavy atom. The van der Waals surface area contributed by atoms with Gasteiger partial charge in [-0.2, -0.15) is 17.9 Å². The van der Waals surface area contributed by atoms with E-state index in [1.165, 1.54) is 10.7 Å². The highest BCUT2D eigenvalue weighted by Crippen LogP contribution is 2.33. The highest BCUT2D eigenvalue weighted by molar-refractivity contribution is 6.32. The van der Waals surface area contributed by atoms with E-state index in [0.29, 0.717) is 12.4 Å². The number of hydrogen-bond acceptors (Lipinski definition) is 4. The van der Waals surface area contributed by atoms with Crippen molar-refractivity contribution in [2.45, 2.75) is 32.6 Å². The largest absolute Gasteiger partial charge is 0.416 e. The van der Waals surface area contributed by atoms with Crippen LogP contribution in [-0.4, -0.2) is 26.2 Å². The number of nitrogens with zero attached hydrogens (tertiary/aromatic N) is 4. The molecule has 114 valence electrons. The smallest absolute Gasteiger partial charge is 0.308 e. The molecule has 0 saturated heterocycles. The van der Waals surface area contributed by atoms with Crippen LogP contribution in [0.25, 0.3) is 5.69 Å². The Labute approximate surface area is 124 Å². The van der Waals surface area contributed by atoms with Crippen LogP contribution in [0.1, 0.15) is 25.2 Å². The fourth-order valence-electron chi connectivity index (χ4n) is 1.65. The zero-order chi connectivity index (χ0) is 15.6. The van der Waals surface area contributed by atoms with E-state index in [9.17, 15) is 13.2 Å². The number of tetrazole rings is 1. The summed E-state index contributed by atoms with van der Waals surface area (Å²) in [6, 6.07) is 3.22. The zero-order valence-electron chi connectivity index (χ0n) is 11.3. The molecule has 1 heterocycles. The van der Waals surface area contributed by atoms with Crippen molar-refractivity contribution in [3.05, 3.63) is 34.6 Å². The summed E-state index contributed by atoms with van der Waals surface area (Å²) < 4.78 is 39.5. The minimum atomic E-state index is -4.45. The summed E-state index contributed by atoms with van der Waals surface area (Å²) in [7, 11) is 0. The Balaban J connectivity index is 2.40. The normalized spacial score (nSPS) is 12.1. The van der Waals surface area contributed by atoms with Crippen molar-refractivity contribution in [2.75, 3.05) is 0 Å². The van der Waals surface area contributed by atoms with Crippen molar-refractivity contribution in [3.8, 4) is 5.69 Å². The summed E-state index contributed by atoms with van der Waals surface area (Å²) >= 11 is 5.97. The molecular weight excluding hydrogens is 307 g/mol. The minimum Gasteiger partial charge on any atom is -0.308 e. The quantitative estimate of drug-likeness (QED) is 0.941. The van der Waals surface area contributed by atoms with Crippen LogP contribution in [0.15, 0.2) is 18.2 Å². The van der Waals surface area contributed by atoms with Crippen molar-refractivity contribution in [1.29, 1.82) is 0 Å². The predicted octanol–water partition coefficient (Wildman–Crippen LogP) is 2.83. The van der Waals surface area contributed by atoms with E-state index in [1.54, 1.807) is 0 Å². The molecule has 0 spiro atoms. The van der Waals surface area contributed by atoms with E-state index >= 15 is 0 Å². The third-order valence-corrected chi connectivity index (χ3v) is 3.02. The van der Waals surface area contributed by atoms with Crippen molar-refractivity contribution < 1.29 is 13.2 Å². The van der Waals surface area contributed by atoms with Crippen LogP contribution in [0.5, 0.6) is 0 Å². The van der Waals surface area contributed by atoms with Crippen molar-refractivity contribution >= 4 is 11.6 Å². The first-order chi connectivity index (χ1) is 9.79. The fourth-order valence-corrected chi connectivity index (χ4v) is 1.85. The maximum Gasteiger partial charge on any atom is 0.416 e. The molecule has 0 radical (unpaired) electrons. The second-order valence-corrected chi connectivity index (χ2v) is 5.11. The Morgan fingerprint density at radius 2 is 2.05 bits per heavy atom. The SMILES string of the molecule is CC(C)NCc1nnnn1-c1cc(C(F)(F)F)ccc1Cl. The van der Waals surface area contributed by atoms with Crippen LogP contribution in [0.4, 0.5) is 13.2 Å². The van der Waals surface area contributed by atoms with Crippen LogP contribution < -0.4 is 5.32 Å². The summed E-state index contributed by atoms with van der Waals surface area (Å²) in [6.45, 7) is 4.19. The molecule has 0 amide bonds. The van der Waals surface area contributed by atoms with Gasteiger partial charge in [0, 0.05) is 6.04 Å². The lowest BCUT2D eigenvalue weighted by atomic mass is 10.2. The average molecular weight is 320 g/mol. The van der Waals surface area contributed by atoms with Gasteiger partial charge < -0.3 is 5.32 Å². The van der Waals surface area contributed by atoms with Crippen LogP contribution in [0.2, 0.25) is 5.02 Å². The number of benzene rings is 1. The Bertz CT molecular complexity index is 624.